The lowest BCUT2D eigenvalue weighted by Gasteiger charge is -2.49. The molecule has 5 N–H and O–H groups in total. The van der Waals surface area contributed by atoms with Gasteiger partial charge in [0.25, 0.3) is 0 Å². The maximum absolute atomic E-state index is 14.3. The monoisotopic (exact) mass is 820 g/mol. The third-order valence-corrected chi connectivity index (χ3v) is 12.7. The SMILES string of the molecule is CCC1OC(=O)[C@H](C)C(O[C@H]2C[C@@](C)(OC)[C@@H](O)[C@H](C)O2)[C@H](C)[C@@H](O[C@@H]2O[C@H](C)C[C@H](N(C)C)[C@H]2O)[C@](C)(O)C[C@@H](C)/C(=N\OCCN(C)C)[C@H](C)[C@@H](O)[C@]1(C)O. The Morgan fingerprint density at radius 1 is 0.895 bits per heavy atom. The number of ether oxygens (including phenoxy) is 6. The first-order chi connectivity index (χ1) is 26.3. The Bertz CT molecular complexity index is 1300. The van der Waals surface area contributed by atoms with Crippen LogP contribution in [0.5, 0.6) is 0 Å². The van der Waals surface area contributed by atoms with E-state index in [0.29, 0.717) is 18.7 Å². The van der Waals surface area contributed by atoms with Crippen molar-refractivity contribution in [2.45, 2.75) is 179 Å². The van der Waals surface area contributed by atoms with Gasteiger partial charge >= 0.3 is 5.97 Å². The van der Waals surface area contributed by atoms with E-state index in [9.17, 15) is 30.3 Å². The number of likely N-dealkylation sites (N-methyl/N-ethyl adjacent to an activating group) is 2. The van der Waals surface area contributed by atoms with Gasteiger partial charge in [0.1, 0.15) is 30.5 Å². The number of aliphatic hydroxyl groups is 5. The third kappa shape index (κ3) is 11.9. The summed E-state index contributed by atoms with van der Waals surface area (Å²) in [5.74, 6) is -3.96. The van der Waals surface area contributed by atoms with E-state index in [-0.39, 0.29) is 38.0 Å². The zero-order chi connectivity index (χ0) is 43.4. The standard InChI is InChI=1S/C41H77N3O13/c1-16-29-41(10,50)34(46)24(4)31(42-52-18-17-43(11)12)22(2)20-39(8,49)36(57-38-32(45)28(44(13)14)19-23(3)53-38)25(5)33(26(6)37(48)55-29)56-30-21-40(9,51-15)35(47)27(7)54-30/h22-30,32-36,38,45-47,49-50H,16-21H2,1-15H3/b42-31+/t22-,23-,24+,25+,26-,27+,28+,29?,30+,32-,33?,34-,35+,36-,38+,39-,40-,41-/m1/s1. The van der Waals surface area contributed by atoms with E-state index in [1.165, 1.54) is 14.0 Å². The van der Waals surface area contributed by atoms with E-state index in [2.05, 4.69) is 5.16 Å². The molecule has 3 aliphatic rings. The minimum atomic E-state index is -1.93. The fourth-order valence-corrected chi connectivity index (χ4v) is 8.94. The maximum atomic E-state index is 14.3. The Morgan fingerprint density at radius 2 is 1.53 bits per heavy atom. The van der Waals surface area contributed by atoms with Crippen molar-refractivity contribution in [2.75, 3.05) is 48.5 Å². The summed E-state index contributed by atoms with van der Waals surface area (Å²) in [6, 6.07) is -0.313. The van der Waals surface area contributed by atoms with Crippen LogP contribution in [-0.4, -0.2) is 180 Å². The molecule has 0 aliphatic carbocycles. The maximum Gasteiger partial charge on any atom is 0.311 e. The smallest absolute Gasteiger partial charge is 0.311 e. The number of nitrogens with zero attached hydrogens (tertiary/aromatic N) is 3. The molecule has 3 saturated heterocycles. The van der Waals surface area contributed by atoms with Crippen LogP contribution < -0.4 is 0 Å². The average Bonchev–Trinajstić information content (AvgIpc) is 3.12. The van der Waals surface area contributed by atoms with Crippen molar-refractivity contribution in [1.29, 1.82) is 0 Å². The molecule has 3 rings (SSSR count). The molecule has 0 saturated carbocycles. The van der Waals surface area contributed by atoms with Gasteiger partial charge in [-0.15, -0.1) is 0 Å². The van der Waals surface area contributed by atoms with Crippen LogP contribution in [0.4, 0.5) is 0 Å². The van der Waals surface area contributed by atoms with Gasteiger partial charge in [-0.25, -0.2) is 0 Å². The van der Waals surface area contributed by atoms with Crippen molar-refractivity contribution in [1.82, 2.24) is 9.80 Å². The van der Waals surface area contributed by atoms with Crippen LogP contribution in [0, 0.1) is 23.7 Å². The summed E-state index contributed by atoms with van der Waals surface area (Å²) in [5.41, 5.74) is -4.33. The van der Waals surface area contributed by atoms with Crippen molar-refractivity contribution < 1.29 is 63.6 Å². The van der Waals surface area contributed by atoms with E-state index < -0.39 is 102 Å². The highest BCUT2D eigenvalue weighted by Gasteiger charge is 2.53. The number of methoxy groups -OCH3 is 1. The fourth-order valence-electron chi connectivity index (χ4n) is 8.94. The van der Waals surface area contributed by atoms with Crippen molar-refractivity contribution in [3.63, 3.8) is 0 Å². The van der Waals surface area contributed by atoms with Crippen LogP contribution in [0.25, 0.3) is 0 Å². The second-order valence-corrected chi connectivity index (χ2v) is 18.2. The van der Waals surface area contributed by atoms with E-state index in [0.717, 1.165) is 0 Å². The molecule has 18 atom stereocenters. The summed E-state index contributed by atoms with van der Waals surface area (Å²) in [6.07, 6.45) is -9.19. The largest absolute Gasteiger partial charge is 0.459 e. The molecule has 0 aromatic carbocycles. The molecule has 2 unspecified atom stereocenters. The molecule has 0 radical (unpaired) electrons. The van der Waals surface area contributed by atoms with Crippen LogP contribution in [0.2, 0.25) is 0 Å². The van der Waals surface area contributed by atoms with Crippen LogP contribution in [0.1, 0.15) is 94.9 Å². The summed E-state index contributed by atoms with van der Waals surface area (Å²) in [4.78, 5) is 23.9. The van der Waals surface area contributed by atoms with Gasteiger partial charge < -0.3 is 68.6 Å². The number of cyclic esters (lactones) is 1. The van der Waals surface area contributed by atoms with Gasteiger partial charge in [-0.05, 0) is 89.0 Å². The molecule has 3 heterocycles. The van der Waals surface area contributed by atoms with Crippen molar-refractivity contribution in [2.24, 2.45) is 28.8 Å². The molecule has 3 aliphatic heterocycles. The third-order valence-electron chi connectivity index (χ3n) is 12.7. The molecule has 16 nitrogen and oxygen atoms in total. The number of aliphatic hydroxyl groups excluding tert-OH is 3. The van der Waals surface area contributed by atoms with Gasteiger partial charge in [0.15, 0.2) is 12.6 Å². The minimum absolute atomic E-state index is 0.0141. The average molecular weight is 820 g/mol. The first kappa shape index (κ1) is 49.8. The van der Waals surface area contributed by atoms with Gasteiger partial charge in [0, 0.05) is 43.9 Å². The molecule has 0 amide bonds. The van der Waals surface area contributed by atoms with Gasteiger partial charge in [-0.1, -0.05) is 32.9 Å². The minimum Gasteiger partial charge on any atom is -0.459 e. The summed E-state index contributed by atoms with van der Waals surface area (Å²) < 4.78 is 37.7. The van der Waals surface area contributed by atoms with Gasteiger partial charge in [0.2, 0.25) is 0 Å². The number of hydrogen-bond acceptors (Lipinski definition) is 16. The van der Waals surface area contributed by atoms with E-state index >= 15 is 0 Å². The molecule has 334 valence electrons. The normalized spacial score (nSPS) is 46.5. The zero-order valence-corrected chi connectivity index (χ0v) is 37.2. The lowest BCUT2D eigenvalue weighted by molar-refractivity contribution is -0.317. The second-order valence-electron chi connectivity index (χ2n) is 18.2. The first-order valence-electron chi connectivity index (χ1n) is 20.7. The number of carbonyl (C=O) groups excluding carboxylic acids is 1. The molecule has 0 aromatic rings. The number of oxime groups is 1. The van der Waals surface area contributed by atoms with Crippen molar-refractivity contribution in [3.05, 3.63) is 0 Å². The molecule has 57 heavy (non-hydrogen) atoms. The number of esters is 1. The Hall–Kier alpha value is -1.54. The van der Waals surface area contributed by atoms with Crippen molar-refractivity contribution in [3.8, 4) is 0 Å². The van der Waals surface area contributed by atoms with E-state index in [1.54, 1.807) is 48.5 Å². The Kier molecular flexibility index (Phi) is 17.8. The fraction of sp³-hybridized carbons (Fsp3) is 0.951. The molecular formula is C41H77N3O13. The topological polar surface area (TPSA) is 202 Å². The highest BCUT2D eigenvalue weighted by atomic mass is 16.7. The lowest BCUT2D eigenvalue weighted by atomic mass is 9.73. The van der Waals surface area contributed by atoms with Crippen LogP contribution >= 0.6 is 0 Å². The van der Waals surface area contributed by atoms with Gasteiger partial charge in [-0.3, -0.25) is 4.79 Å². The second kappa shape index (κ2) is 20.3. The highest BCUT2D eigenvalue weighted by Crippen LogP contribution is 2.41. The Labute approximate surface area is 341 Å². The molecule has 3 fully saturated rings. The number of rotatable bonds is 11. The predicted octanol–water partition coefficient (Wildman–Crippen LogP) is 2.15. The van der Waals surface area contributed by atoms with Crippen LogP contribution in [-0.2, 0) is 38.1 Å². The summed E-state index contributed by atoms with van der Waals surface area (Å²) in [5, 5.41) is 63.7. The van der Waals surface area contributed by atoms with Crippen LogP contribution in [0.3, 0.4) is 0 Å². The Balaban J connectivity index is 2.24. The Morgan fingerprint density at radius 3 is 2.09 bits per heavy atom. The number of hydrogen-bond donors (Lipinski definition) is 5. The molecule has 16 heteroatoms. The number of carbonyl (C=O) groups is 1. The quantitative estimate of drug-likeness (QED) is 0.115. The highest BCUT2D eigenvalue weighted by molar-refractivity contribution is 5.88. The zero-order valence-electron chi connectivity index (χ0n) is 37.2. The lowest BCUT2D eigenvalue weighted by Crippen LogP contribution is -2.61. The first-order valence-corrected chi connectivity index (χ1v) is 20.7. The van der Waals surface area contributed by atoms with Crippen molar-refractivity contribution >= 4 is 11.7 Å². The summed E-state index contributed by atoms with van der Waals surface area (Å²) in [7, 11) is 9.05. The van der Waals surface area contributed by atoms with Crippen LogP contribution in [0.15, 0.2) is 5.16 Å². The van der Waals surface area contributed by atoms with Gasteiger partial charge in [-0.2, -0.15) is 0 Å². The molecule has 0 aromatic heterocycles. The molecule has 0 spiro atoms. The molecular weight excluding hydrogens is 742 g/mol. The predicted molar refractivity (Wildman–Crippen MR) is 213 cm³/mol. The van der Waals surface area contributed by atoms with Gasteiger partial charge in [0.05, 0.1) is 53.4 Å². The molecule has 0 bridgehead atoms. The van der Waals surface area contributed by atoms with E-state index in [4.69, 9.17) is 33.3 Å². The summed E-state index contributed by atoms with van der Waals surface area (Å²) in [6.45, 7) is 18.0. The van der Waals surface area contributed by atoms with E-state index in [1.807, 2.05) is 51.8 Å². The summed E-state index contributed by atoms with van der Waals surface area (Å²) >= 11 is 0.